The molecule has 45 heavy (non-hydrogen) atoms. The van der Waals surface area contributed by atoms with Gasteiger partial charge >= 0.3 is 0 Å². The van der Waals surface area contributed by atoms with Gasteiger partial charge in [0.1, 0.15) is 11.2 Å². The standard InChI is InChI=1S/C40H24N4O/c1-3-10-25(11-4-1)38-42-39(26-12-5-2-6-13-26)44-40(43-38)32-17-7-14-27-22-28(19-20-30(27)32)31-16-8-18-35-37(31)33-24-34-29(15-9-21-41-34)23-36(33)45-35/h1-24H. The Balaban J connectivity index is 1.22. The molecule has 0 aliphatic carbocycles. The molecule has 0 N–H and O–H groups in total. The van der Waals surface area contributed by atoms with Gasteiger partial charge in [-0.3, -0.25) is 4.98 Å². The lowest BCUT2D eigenvalue weighted by atomic mass is 9.95. The highest BCUT2D eigenvalue weighted by molar-refractivity contribution is 6.15. The van der Waals surface area contributed by atoms with Crippen LogP contribution in [0.2, 0.25) is 0 Å². The largest absolute Gasteiger partial charge is 0.456 e. The Morgan fingerprint density at radius 1 is 0.422 bits per heavy atom. The average molecular weight is 577 g/mol. The van der Waals surface area contributed by atoms with Crippen molar-refractivity contribution in [1.82, 2.24) is 19.9 Å². The van der Waals surface area contributed by atoms with E-state index in [0.717, 1.165) is 71.4 Å². The predicted molar refractivity (Wildman–Crippen MR) is 182 cm³/mol. The fourth-order valence-corrected chi connectivity index (χ4v) is 6.21. The Labute approximate surface area is 258 Å². The van der Waals surface area contributed by atoms with E-state index in [2.05, 4.69) is 71.7 Å². The minimum absolute atomic E-state index is 0.642. The summed E-state index contributed by atoms with van der Waals surface area (Å²) in [6.07, 6.45) is 1.83. The molecule has 5 heteroatoms. The summed E-state index contributed by atoms with van der Waals surface area (Å²) in [5.74, 6) is 1.94. The molecule has 210 valence electrons. The monoisotopic (exact) mass is 576 g/mol. The Morgan fingerprint density at radius 2 is 1.11 bits per heavy atom. The molecule has 0 spiro atoms. The lowest BCUT2D eigenvalue weighted by Crippen LogP contribution is -2.00. The smallest absolute Gasteiger partial charge is 0.164 e. The molecule has 0 aliphatic rings. The van der Waals surface area contributed by atoms with Gasteiger partial charge in [-0.25, -0.2) is 15.0 Å². The predicted octanol–water partition coefficient (Wildman–Crippen LogP) is 10.1. The van der Waals surface area contributed by atoms with Gasteiger partial charge in [0.05, 0.1) is 5.52 Å². The van der Waals surface area contributed by atoms with Crippen LogP contribution in [-0.4, -0.2) is 19.9 Å². The zero-order chi connectivity index (χ0) is 29.7. The van der Waals surface area contributed by atoms with Gasteiger partial charge in [0.25, 0.3) is 0 Å². The lowest BCUT2D eigenvalue weighted by molar-refractivity contribution is 0.669. The van der Waals surface area contributed by atoms with Crippen molar-refractivity contribution in [2.45, 2.75) is 0 Å². The third kappa shape index (κ3) is 4.33. The van der Waals surface area contributed by atoms with Gasteiger partial charge in [0.2, 0.25) is 0 Å². The number of nitrogens with zero attached hydrogens (tertiary/aromatic N) is 4. The molecule has 0 atom stereocenters. The number of aromatic nitrogens is 4. The Hall–Kier alpha value is -6.20. The Morgan fingerprint density at radius 3 is 1.89 bits per heavy atom. The van der Waals surface area contributed by atoms with Gasteiger partial charge < -0.3 is 4.42 Å². The van der Waals surface area contributed by atoms with E-state index in [-0.39, 0.29) is 0 Å². The second-order valence-corrected chi connectivity index (χ2v) is 11.1. The van der Waals surface area contributed by atoms with E-state index in [4.69, 9.17) is 19.4 Å². The zero-order valence-corrected chi connectivity index (χ0v) is 24.1. The fourth-order valence-electron chi connectivity index (χ4n) is 6.21. The van der Waals surface area contributed by atoms with Gasteiger partial charge in [-0.2, -0.15) is 0 Å². The number of hydrogen-bond acceptors (Lipinski definition) is 5. The van der Waals surface area contributed by atoms with Gasteiger partial charge in [-0.1, -0.05) is 109 Å². The normalized spacial score (nSPS) is 11.6. The molecule has 3 aromatic heterocycles. The van der Waals surface area contributed by atoms with E-state index in [9.17, 15) is 0 Å². The van der Waals surface area contributed by atoms with Crippen LogP contribution in [0.15, 0.2) is 150 Å². The maximum absolute atomic E-state index is 6.33. The van der Waals surface area contributed by atoms with Crippen LogP contribution in [0.4, 0.5) is 0 Å². The summed E-state index contributed by atoms with van der Waals surface area (Å²) < 4.78 is 6.33. The molecule has 0 radical (unpaired) electrons. The number of rotatable bonds is 4. The van der Waals surface area contributed by atoms with Gasteiger partial charge in [-0.05, 0) is 52.2 Å². The number of fused-ring (bicyclic) bond motifs is 5. The van der Waals surface area contributed by atoms with Crippen LogP contribution in [0, 0.1) is 0 Å². The third-order valence-electron chi connectivity index (χ3n) is 8.35. The van der Waals surface area contributed by atoms with Crippen molar-refractivity contribution in [2.75, 3.05) is 0 Å². The van der Waals surface area contributed by atoms with Crippen molar-refractivity contribution in [3.05, 3.63) is 146 Å². The maximum Gasteiger partial charge on any atom is 0.164 e. The van der Waals surface area contributed by atoms with Gasteiger partial charge in [0, 0.05) is 39.0 Å². The summed E-state index contributed by atoms with van der Waals surface area (Å²) >= 11 is 0. The molecule has 0 saturated heterocycles. The Kier molecular flexibility index (Phi) is 5.74. The molecule has 0 saturated carbocycles. The van der Waals surface area contributed by atoms with Crippen molar-refractivity contribution < 1.29 is 4.42 Å². The molecule has 6 aromatic carbocycles. The molecule has 0 unspecified atom stereocenters. The van der Waals surface area contributed by atoms with E-state index in [1.165, 1.54) is 0 Å². The second kappa shape index (κ2) is 10.2. The minimum Gasteiger partial charge on any atom is -0.456 e. The second-order valence-electron chi connectivity index (χ2n) is 11.1. The minimum atomic E-state index is 0.642. The third-order valence-corrected chi connectivity index (χ3v) is 8.35. The first kappa shape index (κ1) is 25.3. The van der Waals surface area contributed by atoms with Crippen LogP contribution in [0.5, 0.6) is 0 Å². The van der Waals surface area contributed by atoms with E-state index in [0.29, 0.717) is 17.5 Å². The number of pyridine rings is 1. The van der Waals surface area contributed by atoms with E-state index < -0.39 is 0 Å². The van der Waals surface area contributed by atoms with Gasteiger partial charge in [0.15, 0.2) is 17.5 Å². The highest BCUT2D eigenvalue weighted by Crippen LogP contribution is 2.39. The first-order valence-corrected chi connectivity index (χ1v) is 14.9. The molecular formula is C40H24N4O. The van der Waals surface area contributed by atoms with E-state index in [1.807, 2.05) is 79.0 Å². The molecule has 0 bridgehead atoms. The molecule has 5 nitrogen and oxygen atoms in total. The first-order valence-electron chi connectivity index (χ1n) is 14.9. The SMILES string of the molecule is c1ccc(-c2nc(-c3ccccc3)nc(-c3cccc4cc(-c5cccc6oc7cc8cccnc8cc7c56)ccc34)n2)cc1. The molecule has 9 aromatic rings. The molecule has 0 fully saturated rings. The van der Waals surface area contributed by atoms with Crippen LogP contribution in [0.3, 0.4) is 0 Å². The summed E-state index contributed by atoms with van der Waals surface area (Å²) in [5.41, 5.74) is 7.76. The summed E-state index contributed by atoms with van der Waals surface area (Å²) in [6.45, 7) is 0. The van der Waals surface area contributed by atoms with Crippen molar-refractivity contribution in [1.29, 1.82) is 0 Å². The summed E-state index contributed by atoms with van der Waals surface area (Å²) in [5, 5.41) is 5.39. The van der Waals surface area contributed by atoms with E-state index in [1.54, 1.807) is 0 Å². The fraction of sp³-hybridized carbons (Fsp3) is 0. The van der Waals surface area contributed by atoms with E-state index >= 15 is 0 Å². The number of benzene rings is 6. The lowest BCUT2D eigenvalue weighted by Gasteiger charge is -2.11. The molecular weight excluding hydrogens is 552 g/mol. The van der Waals surface area contributed by atoms with Crippen LogP contribution in [0.1, 0.15) is 0 Å². The quantitative estimate of drug-likeness (QED) is 0.209. The molecule has 0 aliphatic heterocycles. The summed E-state index contributed by atoms with van der Waals surface area (Å²) in [4.78, 5) is 19.4. The highest BCUT2D eigenvalue weighted by Gasteiger charge is 2.17. The average Bonchev–Trinajstić information content (AvgIpc) is 3.48. The first-order chi connectivity index (χ1) is 22.3. The number of hydrogen-bond donors (Lipinski definition) is 0. The van der Waals surface area contributed by atoms with Crippen molar-refractivity contribution in [3.63, 3.8) is 0 Å². The molecule has 3 heterocycles. The molecule has 0 amide bonds. The molecule has 9 rings (SSSR count). The topological polar surface area (TPSA) is 64.7 Å². The zero-order valence-electron chi connectivity index (χ0n) is 24.1. The van der Waals surface area contributed by atoms with Crippen LogP contribution in [0.25, 0.3) is 88.9 Å². The van der Waals surface area contributed by atoms with Crippen LogP contribution < -0.4 is 0 Å². The summed E-state index contributed by atoms with van der Waals surface area (Å²) in [7, 11) is 0. The van der Waals surface area contributed by atoms with Crippen molar-refractivity contribution in [2.24, 2.45) is 0 Å². The summed E-state index contributed by atoms with van der Waals surface area (Å²) in [6, 6.07) is 47.5. The van der Waals surface area contributed by atoms with Crippen LogP contribution in [-0.2, 0) is 0 Å². The van der Waals surface area contributed by atoms with Crippen molar-refractivity contribution in [3.8, 4) is 45.3 Å². The van der Waals surface area contributed by atoms with Crippen LogP contribution >= 0.6 is 0 Å². The highest BCUT2D eigenvalue weighted by atomic mass is 16.3. The maximum atomic E-state index is 6.33. The van der Waals surface area contributed by atoms with Crippen molar-refractivity contribution >= 4 is 43.6 Å². The number of furan rings is 1. The van der Waals surface area contributed by atoms with Gasteiger partial charge in [-0.15, -0.1) is 0 Å². The Bertz CT molecular complexity index is 2480.